The molecule has 4 aromatic carbocycles. The van der Waals surface area contributed by atoms with Crippen LogP contribution in [0.2, 0.25) is 0 Å². The Morgan fingerprint density at radius 2 is 1.38 bits per heavy atom. The molecule has 0 aliphatic heterocycles. The molecule has 0 heterocycles. The highest BCUT2D eigenvalue weighted by molar-refractivity contribution is 7.46. The lowest BCUT2D eigenvalue weighted by Crippen LogP contribution is -2.34. The summed E-state index contributed by atoms with van der Waals surface area (Å²) in [5.41, 5.74) is 0.718. The maximum Gasteiger partial charge on any atom is 0.382 e. The minimum atomic E-state index is -2.68. The smallest absolute Gasteiger partial charge is 0.382 e. The van der Waals surface area contributed by atoms with Gasteiger partial charge in [0.25, 0.3) is 0 Å². The molecule has 0 aliphatic carbocycles. The van der Waals surface area contributed by atoms with Crippen molar-refractivity contribution in [2.75, 3.05) is 0 Å². The second kappa shape index (κ2) is 11.5. The molecular formula is C26H19F5NO4P. The van der Waals surface area contributed by atoms with Crippen LogP contribution in [0.25, 0.3) is 10.8 Å². The average Bonchev–Trinajstić information content (AvgIpc) is 2.92. The van der Waals surface area contributed by atoms with E-state index < -0.39 is 55.4 Å². The van der Waals surface area contributed by atoms with E-state index >= 15 is 0 Å². The van der Waals surface area contributed by atoms with Gasteiger partial charge in [0, 0.05) is 5.39 Å². The highest BCUT2D eigenvalue weighted by Crippen LogP contribution is 2.43. The Morgan fingerprint density at radius 3 is 2.08 bits per heavy atom. The van der Waals surface area contributed by atoms with Crippen LogP contribution in [0, 0.1) is 29.1 Å². The maximum atomic E-state index is 14.3. The van der Waals surface area contributed by atoms with Crippen LogP contribution in [-0.4, -0.2) is 12.0 Å². The highest BCUT2D eigenvalue weighted by atomic mass is 31.2. The van der Waals surface area contributed by atoms with E-state index in [0.717, 1.165) is 10.9 Å². The summed E-state index contributed by atoms with van der Waals surface area (Å²) in [5.74, 6) is -13.1. The molecule has 0 spiro atoms. The van der Waals surface area contributed by atoms with Gasteiger partial charge in [-0.2, -0.15) is 8.78 Å². The average molecular weight is 535 g/mol. The fourth-order valence-electron chi connectivity index (χ4n) is 3.25. The largest absolute Gasteiger partial charge is 0.460 e. The van der Waals surface area contributed by atoms with Crippen LogP contribution in [0.3, 0.4) is 0 Å². The predicted molar refractivity (Wildman–Crippen MR) is 127 cm³/mol. The lowest BCUT2D eigenvalue weighted by molar-refractivity contribution is -0.146. The Hall–Kier alpha value is -3.75. The Morgan fingerprint density at radius 1 is 0.784 bits per heavy atom. The molecule has 1 unspecified atom stereocenters. The molecule has 1 N–H and O–H groups in total. The molecule has 0 aliphatic rings. The van der Waals surface area contributed by atoms with Crippen LogP contribution in [0.4, 0.5) is 22.0 Å². The third-order valence-corrected chi connectivity index (χ3v) is 6.46. The minimum Gasteiger partial charge on any atom is -0.460 e. The van der Waals surface area contributed by atoms with Gasteiger partial charge in [-0.1, -0.05) is 66.7 Å². The van der Waals surface area contributed by atoms with Gasteiger partial charge in [0.05, 0.1) is 0 Å². The van der Waals surface area contributed by atoms with Gasteiger partial charge in [0.2, 0.25) is 34.8 Å². The second-order valence-corrected chi connectivity index (χ2v) is 8.90. The number of carbonyl (C=O) groups excluding carboxylic acids is 1. The summed E-state index contributed by atoms with van der Waals surface area (Å²) in [6.45, 7) is 1.32. The number of rotatable bonds is 9. The first-order valence-corrected chi connectivity index (χ1v) is 12.1. The minimum absolute atomic E-state index is 0.0493. The molecule has 0 bridgehead atoms. The second-order valence-electron chi connectivity index (χ2n) is 7.76. The van der Waals surface area contributed by atoms with Crippen LogP contribution in [0.15, 0.2) is 72.8 Å². The van der Waals surface area contributed by atoms with Crippen molar-refractivity contribution in [1.82, 2.24) is 5.09 Å². The fraction of sp³-hybridized carbons (Fsp3) is 0.115. The quantitative estimate of drug-likeness (QED) is 0.0828. The normalized spacial score (nSPS) is 12.7. The van der Waals surface area contributed by atoms with E-state index in [9.17, 15) is 26.7 Å². The fourth-order valence-corrected chi connectivity index (χ4v) is 4.48. The molecule has 37 heavy (non-hydrogen) atoms. The van der Waals surface area contributed by atoms with Gasteiger partial charge in [-0.05, 0) is 23.9 Å². The van der Waals surface area contributed by atoms with Crippen molar-refractivity contribution in [3.05, 3.63) is 107 Å². The molecular weight excluding hydrogens is 516 g/mol. The Labute approximate surface area is 209 Å². The van der Waals surface area contributed by atoms with E-state index in [1.165, 1.54) is 13.0 Å². The number of ether oxygens (including phenoxy) is 1. The molecule has 2 atom stereocenters. The Bertz CT molecular complexity index is 1390. The number of carbonyl (C=O) groups is 1. The number of halogens is 5. The molecule has 0 radical (unpaired) electrons. The molecule has 0 saturated heterocycles. The van der Waals surface area contributed by atoms with Crippen molar-refractivity contribution in [2.45, 2.75) is 19.6 Å². The lowest BCUT2D eigenvalue weighted by Gasteiger charge is -2.23. The SMILES string of the molecule is C[C@H](NP(Oc1c(F)c(F)c(F)c(F)c1F)Oc1cccc2ccccc12)C(=O)OCc1ccccc1. The summed E-state index contributed by atoms with van der Waals surface area (Å²) in [6, 6.07) is 19.6. The third-order valence-electron chi connectivity index (χ3n) is 5.15. The van der Waals surface area contributed by atoms with Crippen LogP contribution < -0.4 is 14.1 Å². The summed E-state index contributed by atoms with van der Waals surface area (Å²) < 4.78 is 85.9. The van der Waals surface area contributed by atoms with Gasteiger partial charge in [-0.3, -0.25) is 4.79 Å². The topological polar surface area (TPSA) is 56.8 Å². The molecule has 4 aromatic rings. The van der Waals surface area contributed by atoms with E-state index in [1.807, 2.05) is 0 Å². The van der Waals surface area contributed by atoms with Crippen molar-refractivity contribution in [3.63, 3.8) is 0 Å². The van der Waals surface area contributed by atoms with Crippen molar-refractivity contribution in [3.8, 4) is 11.5 Å². The first kappa shape index (κ1) is 26.3. The highest BCUT2D eigenvalue weighted by Gasteiger charge is 2.32. The van der Waals surface area contributed by atoms with Gasteiger partial charge in [0.15, 0.2) is 0 Å². The summed E-state index contributed by atoms with van der Waals surface area (Å²) in [4.78, 5) is 12.6. The molecule has 0 saturated carbocycles. The lowest BCUT2D eigenvalue weighted by atomic mass is 10.1. The monoisotopic (exact) mass is 535 g/mol. The number of nitrogens with one attached hydrogen (secondary N) is 1. The zero-order chi connectivity index (χ0) is 26.5. The number of fused-ring (bicyclic) bond motifs is 1. The molecule has 192 valence electrons. The standard InChI is InChI=1S/C26H19F5NO4P/c1-15(26(33)34-14-16-8-3-2-4-9-16)32-37(35-19-13-7-11-17-10-5-6-12-18(17)19)36-25-23(30)21(28)20(27)22(29)24(25)31/h2-13,15,32H,14H2,1H3/t15-,37?/m0/s1. The van der Waals surface area contributed by atoms with E-state index in [1.54, 1.807) is 66.7 Å². The van der Waals surface area contributed by atoms with Gasteiger partial charge >= 0.3 is 14.5 Å². The van der Waals surface area contributed by atoms with Gasteiger partial charge in [-0.25, -0.2) is 18.3 Å². The van der Waals surface area contributed by atoms with Crippen LogP contribution >= 0.6 is 8.53 Å². The van der Waals surface area contributed by atoms with Crippen molar-refractivity contribution in [1.29, 1.82) is 0 Å². The number of hydrogen-bond donors (Lipinski definition) is 1. The van der Waals surface area contributed by atoms with Crippen LogP contribution in [0.5, 0.6) is 11.5 Å². The molecule has 4 rings (SSSR count). The van der Waals surface area contributed by atoms with E-state index in [2.05, 4.69) is 5.09 Å². The van der Waals surface area contributed by atoms with Crippen molar-refractivity contribution < 1.29 is 40.5 Å². The molecule has 0 fully saturated rings. The maximum absolute atomic E-state index is 14.3. The van der Waals surface area contributed by atoms with E-state index in [4.69, 9.17) is 13.8 Å². The van der Waals surface area contributed by atoms with E-state index in [0.29, 0.717) is 5.39 Å². The summed E-state index contributed by atoms with van der Waals surface area (Å²) >= 11 is 0. The predicted octanol–water partition coefficient (Wildman–Crippen LogP) is 6.94. The first-order chi connectivity index (χ1) is 17.8. The Kier molecular flexibility index (Phi) is 8.21. The molecule has 0 aromatic heterocycles. The third kappa shape index (κ3) is 5.98. The number of esters is 1. The Balaban J connectivity index is 1.61. The summed E-state index contributed by atoms with van der Waals surface area (Å²) in [5, 5.41) is 3.93. The molecule has 5 nitrogen and oxygen atoms in total. The van der Waals surface area contributed by atoms with Gasteiger partial charge in [0.1, 0.15) is 18.4 Å². The van der Waals surface area contributed by atoms with Gasteiger partial charge in [-0.15, -0.1) is 0 Å². The molecule has 0 amide bonds. The summed E-state index contributed by atoms with van der Waals surface area (Å²) in [7, 11) is -2.68. The summed E-state index contributed by atoms with van der Waals surface area (Å²) in [6.07, 6.45) is 0. The zero-order valence-electron chi connectivity index (χ0n) is 19.2. The van der Waals surface area contributed by atoms with Crippen LogP contribution in [0.1, 0.15) is 12.5 Å². The van der Waals surface area contributed by atoms with Crippen molar-refractivity contribution in [2.24, 2.45) is 0 Å². The van der Waals surface area contributed by atoms with E-state index in [-0.39, 0.29) is 12.4 Å². The van der Waals surface area contributed by atoms with Crippen molar-refractivity contribution >= 4 is 25.3 Å². The number of hydrogen-bond acceptors (Lipinski definition) is 5. The van der Waals surface area contributed by atoms with Gasteiger partial charge < -0.3 is 13.8 Å². The number of benzene rings is 4. The zero-order valence-corrected chi connectivity index (χ0v) is 20.1. The van der Waals surface area contributed by atoms with Crippen LogP contribution in [-0.2, 0) is 16.1 Å². The molecule has 11 heteroatoms. The first-order valence-electron chi connectivity index (χ1n) is 10.9.